The first kappa shape index (κ1) is 15.5. The van der Waals surface area contributed by atoms with Gasteiger partial charge in [-0.05, 0) is 53.0 Å². The zero-order valence-electron chi connectivity index (χ0n) is 11.0. The summed E-state index contributed by atoms with van der Waals surface area (Å²) in [5.74, 6) is -0.111. The first-order valence-corrected chi connectivity index (χ1v) is 8.26. The normalized spacial score (nSPS) is 10.6. The van der Waals surface area contributed by atoms with Gasteiger partial charge in [0.25, 0.3) is 5.91 Å². The summed E-state index contributed by atoms with van der Waals surface area (Å²) in [5, 5.41) is 3.26. The zero-order valence-corrected chi connectivity index (χ0v) is 14.1. The third-order valence-electron chi connectivity index (χ3n) is 2.76. The number of pyridine rings is 1. The molecular formula is C14H14BrClN2OS. The minimum absolute atomic E-state index is 0.111. The Balaban J connectivity index is 1.93. The average molecular weight is 374 g/mol. The van der Waals surface area contributed by atoms with E-state index in [-0.39, 0.29) is 5.91 Å². The van der Waals surface area contributed by atoms with Crippen LogP contribution in [-0.4, -0.2) is 17.4 Å². The van der Waals surface area contributed by atoms with Crippen LogP contribution in [0.5, 0.6) is 0 Å². The third-order valence-corrected chi connectivity index (χ3v) is 4.63. The number of aromatic nitrogens is 1. The molecule has 0 spiro atoms. The molecular weight excluding hydrogens is 360 g/mol. The van der Waals surface area contributed by atoms with Crippen molar-refractivity contribution in [1.82, 2.24) is 10.3 Å². The SMILES string of the molecule is CCc1cc(C(=O)NCCc2ccc(Br)s2)cc(Cl)n1. The molecule has 1 N–H and O–H groups in total. The Morgan fingerprint density at radius 1 is 1.45 bits per heavy atom. The number of carbonyl (C=O) groups is 1. The van der Waals surface area contributed by atoms with Crippen molar-refractivity contribution >= 4 is 44.8 Å². The van der Waals surface area contributed by atoms with Crippen molar-refractivity contribution < 1.29 is 4.79 Å². The maximum absolute atomic E-state index is 12.1. The lowest BCUT2D eigenvalue weighted by Gasteiger charge is -2.06. The number of carbonyl (C=O) groups excluding carboxylic acids is 1. The minimum atomic E-state index is -0.111. The molecule has 0 unspecified atom stereocenters. The van der Waals surface area contributed by atoms with E-state index in [9.17, 15) is 4.79 Å². The van der Waals surface area contributed by atoms with Crippen molar-refractivity contribution in [1.29, 1.82) is 0 Å². The second kappa shape index (κ2) is 7.20. The van der Waals surface area contributed by atoms with Crippen LogP contribution in [0.25, 0.3) is 0 Å². The topological polar surface area (TPSA) is 42.0 Å². The number of hydrogen-bond donors (Lipinski definition) is 1. The first-order chi connectivity index (χ1) is 9.58. The molecule has 2 aromatic rings. The third kappa shape index (κ3) is 4.30. The molecule has 0 bridgehead atoms. The van der Waals surface area contributed by atoms with Crippen LogP contribution in [0.2, 0.25) is 5.15 Å². The second-order valence-electron chi connectivity index (χ2n) is 4.24. The molecule has 2 heterocycles. The summed E-state index contributed by atoms with van der Waals surface area (Å²) >= 11 is 11.0. The number of aryl methyl sites for hydroxylation is 1. The van der Waals surface area contributed by atoms with E-state index in [0.717, 1.165) is 22.3 Å². The highest BCUT2D eigenvalue weighted by Crippen LogP contribution is 2.22. The highest BCUT2D eigenvalue weighted by atomic mass is 79.9. The molecule has 0 saturated carbocycles. The quantitative estimate of drug-likeness (QED) is 0.802. The van der Waals surface area contributed by atoms with Crippen LogP contribution >= 0.6 is 38.9 Å². The Labute approximate surface area is 135 Å². The van der Waals surface area contributed by atoms with Crippen molar-refractivity contribution in [2.75, 3.05) is 6.54 Å². The van der Waals surface area contributed by atoms with E-state index in [4.69, 9.17) is 11.6 Å². The number of thiophene rings is 1. The largest absolute Gasteiger partial charge is 0.352 e. The van der Waals surface area contributed by atoms with Crippen LogP contribution in [0.3, 0.4) is 0 Å². The highest BCUT2D eigenvalue weighted by Gasteiger charge is 2.08. The van der Waals surface area contributed by atoms with Gasteiger partial charge in [0.2, 0.25) is 0 Å². The van der Waals surface area contributed by atoms with E-state index >= 15 is 0 Å². The second-order valence-corrected chi connectivity index (χ2v) is 7.17. The fourth-order valence-electron chi connectivity index (χ4n) is 1.75. The maximum Gasteiger partial charge on any atom is 0.251 e. The highest BCUT2D eigenvalue weighted by molar-refractivity contribution is 9.11. The van der Waals surface area contributed by atoms with Gasteiger partial charge in [-0.3, -0.25) is 4.79 Å². The van der Waals surface area contributed by atoms with Gasteiger partial charge in [-0.15, -0.1) is 11.3 Å². The summed E-state index contributed by atoms with van der Waals surface area (Å²) in [5.41, 5.74) is 1.39. The molecule has 0 atom stereocenters. The molecule has 0 aliphatic heterocycles. The number of hydrogen-bond acceptors (Lipinski definition) is 3. The zero-order chi connectivity index (χ0) is 14.5. The van der Waals surface area contributed by atoms with Gasteiger partial charge in [0.05, 0.1) is 3.79 Å². The lowest BCUT2D eigenvalue weighted by Crippen LogP contribution is -2.25. The molecule has 6 heteroatoms. The van der Waals surface area contributed by atoms with Crippen LogP contribution in [0.1, 0.15) is 27.9 Å². The summed E-state index contributed by atoms with van der Waals surface area (Å²) in [6, 6.07) is 7.44. The first-order valence-electron chi connectivity index (χ1n) is 6.27. The average Bonchev–Trinajstić information content (AvgIpc) is 2.83. The molecule has 0 aliphatic carbocycles. The van der Waals surface area contributed by atoms with Crippen LogP contribution in [-0.2, 0) is 12.8 Å². The molecule has 0 aromatic carbocycles. The lowest BCUT2D eigenvalue weighted by molar-refractivity contribution is 0.0954. The van der Waals surface area contributed by atoms with Gasteiger partial charge in [0.15, 0.2) is 0 Å². The van der Waals surface area contributed by atoms with Crippen molar-refractivity contribution in [3.05, 3.63) is 49.3 Å². The van der Waals surface area contributed by atoms with Gasteiger partial charge < -0.3 is 5.32 Å². The molecule has 106 valence electrons. The number of nitrogens with zero attached hydrogens (tertiary/aromatic N) is 1. The van der Waals surface area contributed by atoms with Crippen molar-refractivity contribution in [2.45, 2.75) is 19.8 Å². The van der Waals surface area contributed by atoms with Gasteiger partial charge in [-0.2, -0.15) is 0 Å². The lowest BCUT2D eigenvalue weighted by atomic mass is 10.2. The summed E-state index contributed by atoms with van der Waals surface area (Å²) in [4.78, 5) is 17.4. The van der Waals surface area contributed by atoms with Crippen LogP contribution in [0.4, 0.5) is 0 Å². The van der Waals surface area contributed by atoms with Crippen LogP contribution in [0.15, 0.2) is 28.1 Å². The predicted molar refractivity (Wildman–Crippen MR) is 86.7 cm³/mol. The van der Waals surface area contributed by atoms with Gasteiger partial charge in [-0.25, -0.2) is 4.98 Å². The van der Waals surface area contributed by atoms with Crippen LogP contribution < -0.4 is 5.32 Å². The number of halogens is 2. The number of rotatable bonds is 5. The van der Waals surface area contributed by atoms with Gasteiger partial charge in [0.1, 0.15) is 5.15 Å². The van der Waals surface area contributed by atoms with E-state index in [1.54, 1.807) is 23.5 Å². The Bertz CT molecular complexity index is 615. The fourth-order valence-corrected chi connectivity index (χ4v) is 3.46. The molecule has 0 radical (unpaired) electrons. The Kier molecular flexibility index (Phi) is 5.57. The van der Waals surface area contributed by atoms with E-state index < -0.39 is 0 Å². The molecule has 0 aliphatic rings. The molecule has 3 nitrogen and oxygen atoms in total. The Hall–Kier alpha value is -0.910. The number of nitrogens with one attached hydrogen (secondary N) is 1. The van der Waals surface area contributed by atoms with Crippen LogP contribution in [0, 0.1) is 0 Å². The summed E-state index contributed by atoms with van der Waals surface area (Å²) in [6.07, 6.45) is 1.57. The molecule has 20 heavy (non-hydrogen) atoms. The molecule has 0 fully saturated rings. The van der Waals surface area contributed by atoms with Crippen molar-refractivity contribution in [2.24, 2.45) is 0 Å². The molecule has 2 rings (SSSR count). The maximum atomic E-state index is 12.1. The standard InChI is InChI=1S/C14H14BrClN2OS/c1-2-10-7-9(8-13(16)18-10)14(19)17-6-5-11-3-4-12(15)20-11/h3-4,7-8H,2,5-6H2,1H3,(H,17,19). The van der Waals surface area contributed by atoms with Crippen molar-refractivity contribution in [3.8, 4) is 0 Å². The Morgan fingerprint density at radius 2 is 2.25 bits per heavy atom. The predicted octanol–water partition coefficient (Wildman–Crippen LogP) is 4.09. The summed E-state index contributed by atoms with van der Waals surface area (Å²) in [7, 11) is 0. The smallest absolute Gasteiger partial charge is 0.251 e. The molecule has 2 aromatic heterocycles. The Morgan fingerprint density at radius 3 is 2.90 bits per heavy atom. The molecule has 0 saturated heterocycles. The number of amides is 1. The van der Waals surface area contributed by atoms with E-state index in [1.165, 1.54) is 4.88 Å². The monoisotopic (exact) mass is 372 g/mol. The van der Waals surface area contributed by atoms with Crippen molar-refractivity contribution in [3.63, 3.8) is 0 Å². The summed E-state index contributed by atoms with van der Waals surface area (Å²) < 4.78 is 1.10. The van der Waals surface area contributed by atoms with Gasteiger partial charge >= 0.3 is 0 Å². The minimum Gasteiger partial charge on any atom is -0.352 e. The van der Waals surface area contributed by atoms with E-state index in [0.29, 0.717) is 17.3 Å². The van der Waals surface area contributed by atoms with Gasteiger partial charge in [0, 0.05) is 22.7 Å². The van der Waals surface area contributed by atoms with E-state index in [2.05, 4.69) is 32.3 Å². The molecule has 1 amide bonds. The van der Waals surface area contributed by atoms with Gasteiger partial charge in [-0.1, -0.05) is 18.5 Å². The van der Waals surface area contributed by atoms with E-state index in [1.807, 2.05) is 13.0 Å². The summed E-state index contributed by atoms with van der Waals surface area (Å²) in [6.45, 7) is 2.59. The fraction of sp³-hybridized carbons (Fsp3) is 0.286.